The summed E-state index contributed by atoms with van der Waals surface area (Å²) in [6.45, 7) is 1.87. The molecule has 94 valence electrons. The summed E-state index contributed by atoms with van der Waals surface area (Å²) >= 11 is 0. The highest BCUT2D eigenvalue weighted by molar-refractivity contribution is 5.93. The van der Waals surface area contributed by atoms with Crippen LogP contribution in [0.25, 0.3) is 0 Å². The van der Waals surface area contributed by atoms with E-state index in [4.69, 9.17) is 4.42 Å². The lowest BCUT2D eigenvalue weighted by Gasteiger charge is -2.25. The zero-order valence-electron chi connectivity index (χ0n) is 10.3. The van der Waals surface area contributed by atoms with E-state index in [0.29, 0.717) is 5.56 Å². The summed E-state index contributed by atoms with van der Waals surface area (Å²) in [7, 11) is 1.70. The number of hydrogen-bond acceptors (Lipinski definition) is 3. The van der Waals surface area contributed by atoms with Crippen molar-refractivity contribution in [1.29, 1.82) is 0 Å². The first-order chi connectivity index (χ1) is 8.61. The van der Waals surface area contributed by atoms with Crippen molar-refractivity contribution in [2.75, 3.05) is 7.05 Å². The van der Waals surface area contributed by atoms with Crippen LogP contribution in [0.5, 0.6) is 5.75 Å². The van der Waals surface area contributed by atoms with Gasteiger partial charge in [0.2, 0.25) is 0 Å². The van der Waals surface area contributed by atoms with Crippen LogP contribution in [-0.2, 0) is 0 Å². The van der Waals surface area contributed by atoms with Gasteiger partial charge in [-0.05, 0) is 19.1 Å². The average Bonchev–Trinajstić information content (AvgIpc) is 2.90. The number of amides is 1. The fourth-order valence-electron chi connectivity index (χ4n) is 1.82. The van der Waals surface area contributed by atoms with E-state index in [0.717, 1.165) is 5.56 Å². The SMILES string of the molecule is CC(c1ccccc1O)N(C)C(=O)c1ccoc1. The number of carbonyl (C=O) groups is 1. The predicted molar refractivity (Wildman–Crippen MR) is 67.3 cm³/mol. The van der Waals surface area contributed by atoms with Gasteiger partial charge in [-0.15, -0.1) is 0 Å². The Morgan fingerprint density at radius 2 is 2.06 bits per heavy atom. The third kappa shape index (κ3) is 2.22. The number of rotatable bonds is 3. The van der Waals surface area contributed by atoms with Crippen LogP contribution in [0, 0.1) is 0 Å². The van der Waals surface area contributed by atoms with Gasteiger partial charge in [0.1, 0.15) is 12.0 Å². The first-order valence-electron chi connectivity index (χ1n) is 5.68. The van der Waals surface area contributed by atoms with Gasteiger partial charge >= 0.3 is 0 Å². The van der Waals surface area contributed by atoms with Crippen LogP contribution in [-0.4, -0.2) is 23.0 Å². The molecule has 0 saturated heterocycles. The number of nitrogens with zero attached hydrogens (tertiary/aromatic N) is 1. The van der Waals surface area contributed by atoms with Crippen molar-refractivity contribution in [2.45, 2.75) is 13.0 Å². The van der Waals surface area contributed by atoms with Crippen molar-refractivity contribution < 1.29 is 14.3 Å². The molecule has 0 aliphatic carbocycles. The predicted octanol–water partition coefficient (Wildman–Crippen LogP) is 2.82. The lowest BCUT2D eigenvalue weighted by atomic mass is 10.1. The van der Waals surface area contributed by atoms with Gasteiger partial charge in [0.15, 0.2) is 0 Å². The topological polar surface area (TPSA) is 53.7 Å². The van der Waals surface area contributed by atoms with Crippen LogP contribution in [0.1, 0.15) is 28.9 Å². The maximum atomic E-state index is 12.1. The third-order valence-electron chi connectivity index (χ3n) is 3.06. The van der Waals surface area contributed by atoms with E-state index in [-0.39, 0.29) is 17.7 Å². The third-order valence-corrected chi connectivity index (χ3v) is 3.06. The molecule has 4 nitrogen and oxygen atoms in total. The van der Waals surface area contributed by atoms with Gasteiger partial charge in [0.05, 0.1) is 17.9 Å². The highest BCUT2D eigenvalue weighted by atomic mass is 16.3. The molecule has 2 aromatic rings. The summed E-state index contributed by atoms with van der Waals surface area (Å²) in [5.41, 5.74) is 1.22. The first kappa shape index (κ1) is 12.2. The summed E-state index contributed by atoms with van der Waals surface area (Å²) < 4.78 is 4.90. The number of phenolic OH excluding ortho intramolecular Hbond substituents is 1. The van der Waals surface area contributed by atoms with Crippen molar-refractivity contribution in [1.82, 2.24) is 4.90 Å². The Labute approximate surface area is 105 Å². The van der Waals surface area contributed by atoms with Crippen LogP contribution in [0.3, 0.4) is 0 Å². The highest BCUT2D eigenvalue weighted by Crippen LogP contribution is 2.27. The fourth-order valence-corrected chi connectivity index (χ4v) is 1.82. The van der Waals surface area contributed by atoms with Crippen LogP contribution in [0.2, 0.25) is 0 Å². The quantitative estimate of drug-likeness (QED) is 0.904. The lowest BCUT2D eigenvalue weighted by Crippen LogP contribution is -2.29. The zero-order valence-corrected chi connectivity index (χ0v) is 10.3. The molecule has 18 heavy (non-hydrogen) atoms. The van der Waals surface area contributed by atoms with Gasteiger partial charge in [-0.1, -0.05) is 18.2 Å². The number of hydrogen-bond donors (Lipinski definition) is 1. The summed E-state index contributed by atoms with van der Waals surface area (Å²) in [5.74, 6) is 0.0522. The van der Waals surface area contributed by atoms with Crippen molar-refractivity contribution in [3.05, 3.63) is 54.0 Å². The minimum atomic E-state index is -0.214. The molecule has 0 aliphatic heterocycles. The Morgan fingerprint density at radius 3 is 2.67 bits per heavy atom. The normalized spacial score (nSPS) is 12.1. The van der Waals surface area contributed by atoms with E-state index >= 15 is 0 Å². The van der Waals surface area contributed by atoms with Gasteiger partial charge in [0.25, 0.3) is 5.91 Å². The molecule has 4 heteroatoms. The van der Waals surface area contributed by atoms with E-state index in [1.807, 2.05) is 13.0 Å². The molecule has 1 aromatic heterocycles. The minimum Gasteiger partial charge on any atom is -0.508 e. The Hall–Kier alpha value is -2.23. The van der Waals surface area contributed by atoms with Gasteiger partial charge in [-0.25, -0.2) is 0 Å². The second kappa shape index (κ2) is 4.96. The van der Waals surface area contributed by atoms with Crippen molar-refractivity contribution in [3.63, 3.8) is 0 Å². The largest absolute Gasteiger partial charge is 0.508 e. The monoisotopic (exact) mass is 245 g/mol. The molecule has 1 atom stereocenters. The van der Waals surface area contributed by atoms with E-state index in [1.165, 1.54) is 12.5 Å². The van der Waals surface area contributed by atoms with Crippen LogP contribution >= 0.6 is 0 Å². The molecular weight excluding hydrogens is 230 g/mol. The summed E-state index contributed by atoms with van der Waals surface area (Å²) in [4.78, 5) is 13.7. The maximum Gasteiger partial charge on any atom is 0.257 e. The second-order valence-corrected chi connectivity index (χ2v) is 4.16. The van der Waals surface area contributed by atoms with E-state index in [1.54, 1.807) is 36.2 Å². The number of aromatic hydroxyl groups is 1. The van der Waals surface area contributed by atoms with Crippen molar-refractivity contribution in [2.24, 2.45) is 0 Å². The van der Waals surface area contributed by atoms with Crippen LogP contribution in [0.15, 0.2) is 47.3 Å². The number of furan rings is 1. The summed E-state index contributed by atoms with van der Waals surface area (Å²) in [5, 5.41) is 9.79. The molecular formula is C14H15NO3. The molecule has 1 amide bonds. The van der Waals surface area contributed by atoms with Crippen molar-refractivity contribution in [3.8, 4) is 5.75 Å². The van der Waals surface area contributed by atoms with Gasteiger partial charge in [-0.2, -0.15) is 0 Å². The molecule has 2 rings (SSSR count). The smallest absolute Gasteiger partial charge is 0.257 e. The molecule has 0 saturated carbocycles. The van der Waals surface area contributed by atoms with Crippen LogP contribution in [0.4, 0.5) is 0 Å². The van der Waals surface area contributed by atoms with E-state index < -0.39 is 0 Å². The molecule has 0 bridgehead atoms. The molecule has 0 radical (unpaired) electrons. The Kier molecular flexibility index (Phi) is 3.37. The van der Waals surface area contributed by atoms with Crippen molar-refractivity contribution >= 4 is 5.91 Å². The van der Waals surface area contributed by atoms with Crippen LogP contribution < -0.4 is 0 Å². The number of para-hydroxylation sites is 1. The molecule has 0 spiro atoms. The Morgan fingerprint density at radius 1 is 1.33 bits per heavy atom. The Bertz CT molecular complexity index is 534. The average molecular weight is 245 g/mol. The minimum absolute atomic E-state index is 0.139. The Balaban J connectivity index is 2.22. The van der Waals surface area contributed by atoms with Gasteiger partial charge in [-0.3, -0.25) is 4.79 Å². The highest BCUT2D eigenvalue weighted by Gasteiger charge is 2.21. The summed E-state index contributed by atoms with van der Waals surface area (Å²) in [6, 6.07) is 8.41. The molecule has 1 unspecified atom stereocenters. The number of carbonyl (C=O) groups excluding carboxylic acids is 1. The molecule has 0 aliphatic rings. The molecule has 1 N–H and O–H groups in total. The fraction of sp³-hybridized carbons (Fsp3) is 0.214. The number of benzene rings is 1. The van der Waals surface area contributed by atoms with E-state index in [9.17, 15) is 9.90 Å². The maximum absolute atomic E-state index is 12.1. The van der Waals surface area contributed by atoms with Gasteiger partial charge < -0.3 is 14.4 Å². The van der Waals surface area contributed by atoms with E-state index in [2.05, 4.69) is 0 Å². The molecule has 1 heterocycles. The molecule has 0 fully saturated rings. The lowest BCUT2D eigenvalue weighted by molar-refractivity contribution is 0.0740. The number of phenols is 1. The zero-order chi connectivity index (χ0) is 13.1. The second-order valence-electron chi connectivity index (χ2n) is 4.16. The summed E-state index contributed by atoms with van der Waals surface area (Å²) in [6.07, 6.45) is 2.88. The standard InChI is InChI=1S/C14H15NO3/c1-10(12-5-3-4-6-13(12)16)15(2)14(17)11-7-8-18-9-11/h3-10,16H,1-2H3. The first-order valence-corrected chi connectivity index (χ1v) is 5.68. The van der Waals surface area contributed by atoms with Gasteiger partial charge in [0, 0.05) is 12.6 Å². The molecule has 1 aromatic carbocycles.